The molecule has 2 rings (SSSR count). The number of ether oxygens (including phenoxy) is 1. The van der Waals surface area contributed by atoms with E-state index in [-0.39, 0.29) is 12.1 Å². The lowest BCUT2D eigenvalue weighted by Crippen LogP contribution is -2.48. The molecule has 0 radical (unpaired) electrons. The number of hydrogen-bond acceptors (Lipinski definition) is 3. The third-order valence-corrected chi connectivity index (χ3v) is 4.16. The molecule has 0 spiro atoms. The lowest BCUT2D eigenvalue weighted by Gasteiger charge is -2.37. The third kappa shape index (κ3) is 5.52. The largest absolute Gasteiger partial charge is 0.461 e. The predicted octanol–water partition coefficient (Wildman–Crippen LogP) is 3.67. The van der Waals surface area contributed by atoms with Crippen LogP contribution in [0.15, 0.2) is 0 Å². The van der Waals surface area contributed by atoms with Crippen LogP contribution in [0.5, 0.6) is 0 Å². The molecule has 1 aliphatic heterocycles. The molecule has 0 aromatic carbocycles. The van der Waals surface area contributed by atoms with Crippen LogP contribution in [-0.2, 0) is 9.53 Å². The molecule has 2 atom stereocenters. The highest BCUT2D eigenvalue weighted by atomic mass is 16.5. The molecule has 2 aliphatic rings. The van der Waals surface area contributed by atoms with Gasteiger partial charge in [0.2, 0.25) is 0 Å². The van der Waals surface area contributed by atoms with E-state index in [0.717, 1.165) is 13.0 Å². The minimum absolute atomic E-state index is 0.118. The van der Waals surface area contributed by atoms with Crippen LogP contribution in [0.3, 0.4) is 0 Å². The van der Waals surface area contributed by atoms with Crippen LogP contribution in [0.25, 0.3) is 0 Å². The van der Waals surface area contributed by atoms with Crippen molar-refractivity contribution in [3.63, 3.8) is 0 Å². The van der Waals surface area contributed by atoms with Crippen molar-refractivity contribution in [3.05, 3.63) is 0 Å². The van der Waals surface area contributed by atoms with Crippen molar-refractivity contribution in [1.82, 2.24) is 5.32 Å². The summed E-state index contributed by atoms with van der Waals surface area (Å²) in [6.07, 6.45) is 10.2. The molecule has 1 saturated carbocycles. The topological polar surface area (TPSA) is 38.3 Å². The Bertz CT molecular complexity index is 225. The number of nitrogens with one attached hydrogen (secondary N) is 1. The van der Waals surface area contributed by atoms with Gasteiger partial charge in [-0.2, -0.15) is 0 Å². The molecular formula is C16H31NO2. The van der Waals surface area contributed by atoms with E-state index in [1.54, 1.807) is 6.92 Å². The maximum Gasteiger partial charge on any atom is 0.302 e. The molecule has 112 valence electrons. The van der Waals surface area contributed by atoms with Gasteiger partial charge in [0.25, 0.3) is 0 Å². The van der Waals surface area contributed by atoms with E-state index in [4.69, 9.17) is 4.74 Å². The van der Waals surface area contributed by atoms with Gasteiger partial charge >= 0.3 is 5.97 Å². The SMILES string of the molecule is CC.CC(=O)OC(C1CCCCC1)C1CCCCN1. The fourth-order valence-corrected chi connectivity index (χ4v) is 3.32. The van der Waals surface area contributed by atoms with Gasteiger partial charge in [-0.3, -0.25) is 4.79 Å². The third-order valence-electron chi connectivity index (χ3n) is 4.16. The molecule has 0 amide bonds. The molecule has 2 fully saturated rings. The summed E-state index contributed by atoms with van der Waals surface area (Å²) in [4.78, 5) is 11.3. The first kappa shape index (κ1) is 16.5. The molecule has 0 aromatic rings. The quantitative estimate of drug-likeness (QED) is 0.795. The van der Waals surface area contributed by atoms with Crippen molar-refractivity contribution in [2.24, 2.45) is 5.92 Å². The summed E-state index contributed by atoms with van der Waals surface area (Å²) < 4.78 is 5.63. The Morgan fingerprint density at radius 3 is 2.21 bits per heavy atom. The minimum Gasteiger partial charge on any atom is -0.461 e. The highest BCUT2D eigenvalue weighted by Gasteiger charge is 2.33. The molecule has 2 unspecified atom stereocenters. The molecule has 1 aliphatic carbocycles. The molecule has 1 N–H and O–H groups in total. The maximum atomic E-state index is 11.3. The van der Waals surface area contributed by atoms with Gasteiger partial charge in [0.1, 0.15) is 6.10 Å². The lowest BCUT2D eigenvalue weighted by atomic mass is 9.81. The molecule has 0 bridgehead atoms. The van der Waals surface area contributed by atoms with Crippen molar-refractivity contribution >= 4 is 5.97 Å². The molecular weight excluding hydrogens is 238 g/mol. The minimum atomic E-state index is -0.118. The van der Waals surface area contributed by atoms with Gasteiger partial charge in [-0.1, -0.05) is 39.5 Å². The van der Waals surface area contributed by atoms with E-state index in [1.165, 1.54) is 44.9 Å². The van der Waals surface area contributed by atoms with E-state index < -0.39 is 0 Å². The predicted molar refractivity (Wildman–Crippen MR) is 79.1 cm³/mol. The average molecular weight is 269 g/mol. The van der Waals surface area contributed by atoms with Crippen molar-refractivity contribution in [2.45, 2.75) is 84.3 Å². The second-order valence-corrected chi connectivity index (χ2v) is 5.53. The van der Waals surface area contributed by atoms with Crippen molar-refractivity contribution in [1.29, 1.82) is 0 Å². The normalized spacial score (nSPS) is 25.9. The van der Waals surface area contributed by atoms with Gasteiger partial charge in [-0.05, 0) is 38.1 Å². The Labute approximate surface area is 118 Å². The molecule has 1 saturated heterocycles. The number of carbonyl (C=O) groups is 1. The first-order valence-electron chi connectivity index (χ1n) is 8.18. The Morgan fingerprint density at radius 1 is 1.05 bits per heavy atom. The Balaban J connectivity index is 0.000000861. The van der Waals surface area contributed by atoms with Crippen LogP contribution in [0.1, 0.15) is 72.1 Å². The number of hydrogen-bond donors (Lipinski definition) is 1. The summed E-state index contributed by atoms with van der Waals surface area (Å²) in [7, 11) is 0. The molecule has 3 nitrogen and oxygen atoms in total. The highest BCUT2D eigenvalue weighted by Crippen LogP contribution is 2.31. The Morgan fingerprint density at radius 2 is 1.68 bits per heavy atom. The highest BCUT2D eigenvalue weighted by molar-refractivity contribution is 5.66. The van der Waals surface area contributed by atoms with Gasteiger partial charge in [-0.15, -0.1) is 0 Å². The van der Waals surface area contributed by atoms with E-state index in [2.05, 4.69) is 5.32 Å². The monoisotopic (exact) mass is 269 g/mol. The first-order chi connectivity index (χ1) is 9.27. The van der Waals surface area contributed by atoms with Crippen LogP contribution in [0, 0.1) is 5.92 Å². The molecule has 19 heavy (non-hydrogen) atoms. The zero-order valence-electron chi connectivity index (χ0n) is 12.9. The first-order valence-corrected chi connectivity index (χ1v) is 8.18. The average Bonchev–Trinajstić information content (AvgIpc) is 2.48. The summed E-state index contributed by atoms with van der Waals surface area (Å²) in [5, 5.41) is 3.54. The van der Waals surface area contributed by atoms with E-state index in [1.807, 2.05) is 13.8 Å². The number of rotatable bonds is 3. The summed E-state index contributed by atoms with van der Waals surface area (Å²) in [6, 6.07) is 0.399. The van der Waals surface area contributed by atoms with Gasteiger partial charge < -0.3 is 10.1 Å². The van der Waals surface area contributed by atoms with E-state index >= 15 is 0 Å². The van der Waals surface area contributed by atoms with Crippen molar-refractivity contribution in [2.75, 3.05) is 6.54 Å². The summed E-state index contributed by atoms with van der Waals surface area (Å²) in [5.41, 5.74) is 0. The summed E-state index contributed by atoms with van der Waals surface area (Å²) in [5.74, 6) is 0.469. The van der Waals surface area contributed by atoms with Crippen LogP contribution in [0.2, 0.25) is 0 Å². The lowest BCUT2D eigenvalue weighted by molar-refractivity contribution is -0.152. The van der Waals surface area contributed by atoms with Crippen LogP contribution in [0.4, 0.5) is 0 Å². The summed E-state index contributed by atoms with van der Waals surface area (Å²) in [6.45, 7) is 6.62. The zero-order chi connectivity index (χ0) is 14.1. The van der Waals surface area contributed by atoms with Gasteiger partial charge in [-0.25, -0.2) is 0 Å². The number of carbonyl (C=O) groups excluding carboxylic acids is 1. The Hall–Kier alpha value is -0.570. The molecule has 1 heterocycles. The van der Waals surface area contributed by atoms with Gasteiger partial charge in [0.05, 0.1) is 0 Å². The van der Waals surface area contributed by atoms with Crippen molar-refractivity contribution < 1.29 is 9.53 Å². The van der Waals surface area contributed by atoms with Crippen molar-refractivity contribution in [3.8, 4) is 0 Å². The Kier molecular flexibility index (Phi) is 8.11. The number of esters is 1. The number of piperidine rings is 1. The second-order valence-electron chi connectivity index (χ2n) is 5.53. The van der Waals surface area contributed by atoms with Gasteiger partial charge in [0.15, 0.2) is 0 Å². The van der Waals surface area contributed by atoms with Gasteiger partial charge in [0, 0.05) is 13.0 Å². The smallest absolute Gasteiger partial charge is 0.302 e. The fraction of sp³-hybridized carbons (Fsp3) is 0.938. The second kappa shape index (κ2) is 9.35. The molecule has 0 aromatic heterocycles. The standard InChI is InChI=1S/C14H25NO2.C2H6/c1-11(16)17-14(12-7-3-2-4-8-12)13-9-5-6-10-15-13;1-2/h12-15H,2-10H2,1H3;1-2H3. The zero-order valence-corrected chi connectivity index (χ0v) is 12.9. The van der Waals surface area contributed by atoms with Crippen LogP contribution in [-0.4, -0.2) is 24.7 Å². The maximum absolute atomic E-state index is 11.3. The van der Waals surface area contributed by atoms with Crippen LogP contribution < -0.4 is 5.32 Å². The van der Waals surface area contributed by atoms with E-state index in [9.17, 15) is 4.79 Å². The summed E-state index contributed by atoms with van der Waals surface area (Å²) >= 11 is 0. The van der Waals surface area contributed by atoms with Crippen LogP contribution >= 0.6 is 0 Å². The van der Waals surface area contributed by atoms with E-state index in [0.29, 0.717) is 12.0 Å². The molecule has 3 heteroatoms. The fourth-order valence-electron chi connectivity index (χ4n) is 3.32.